The molecule has 1 unspecified atom stereocenters. The highest BCUT2D eigenvalue weighted by Crippen LogP contribution is 2.31. The molecule has 0 aliphatic carbocycles. The molecule has 1 saturated heterocycles. The molecule has 1 N–H and O–H groups in total. The van der Waals surface area contributed by atoms with E-state index in [2.05, 4.69) is 10.4 Å². The molecule has 0 spiro atoms. The smallest absolute Gasteiger partial charge is 0.341 e. The molecule has 26 heavy (non-hydrogen) atoms. The zero-order valence-electron chi connectivity index (χ0n) is 14.0. The quantitative estimate of drug-likeness (QED) is 0.913. The van der Waals surface area contributed by atoms with Crippen molar-refractivity contribution in [3.8, 4) is 0 Å². The van der Waals surface area contributed by atoms with E-state index in [1.54, 1.807) is 11.1 Å². The highest BCUT2D eigenvalue weighted by atomic mass is 19.1. The van der Waals surface area contributed by atoms with Crippen LogP contribution in [0.2, 0.25) is 0 Å². The molecule has 2 aromatic carbocycles. The maximum Gasteiger partial charge on any atom is 0.341 e. The van der Waals surface area contributed by atoms with Crippen molar-refractivity contribution >= 4 is 17.9 Å². The number of nitrogens with one attached hydrogen (secondary N) is 1. The van der Waals surface area contributed by atoms with E-state index in [-0.39, 0.29) is 12.1 Å². The number of hydrogen-bond acceptors (Lipinski definition) is 3. The number of hydrazone groups is 1. The molecule has 7 heteroatoms. The minimum atomic E-state index is -0.657. The van der Waals surface area contributed by atoms with E-state index in [1.165, 1.54) is 17.1 Å². The van der Waals surface area contributed by atoms with Gasteiger partial charge in [-0.25, -0.2) is 18.6 Å². The molecular weight excluding hydrogens is 338 g/mol. The Morgan fingerprint density at radius 2 is 1.77 bits per heavy atom. The first-order valence-electron chi connectivity index (χ1n) is 8.48. The number of amides is 2. The van der Waals surface area contributed by atoms with Crippen LogP contribution in [0.15, 0.2) is 53.6 Å². The highest BCUT2D eigenvalue weighted by Gasteiger charge is 2.37. The van der Waals surface area contributed by atoms with Gasteiger partial charge in [-0.15, -0.1) is 0 Å². The van der Waals surface area contributed by atoms with E-state index in [0.29, 0.717) is 25.1 Å². The molecule has 0 radical (unpaired) electrons. The minimum Gasteiger partial charge on any atom is -0.379 e. The standard InChI is InChI=1S/C19H18F2N4O/c20-14-8-13(9-15(21)10-14)18-6-7-22-25(18)19(26)24-11-17(12-24)23-16-4-2-1-3-5-16/h1-5,7-10,17-18,23H,6,11-12H2. The van der Waals surface area contributed by atoms with E-state index in [9.17, 15) is 13.6 Å². The molecule has 2 aliphatic heterocycles. The topological polar surface area (TPSA) is 47.9 Å². The van der Waals surface area contributed by atoms with Gasteiger partial charge in [0.05, 0.1) is 12.1 Å². The Morgan fingerprint density at radius 1 is 1.08 bits per heavy atom. The van der Waals surface area contributed by atoms with Crippen LogP contribution >= 0.6 is 0 Å². The van der Waals surface area contributed by atoms with Crippen LogP contribution in [0, 0.1) is 11.6 Å². The van der Waals surface area contributed by atoms with Gasteiger partial charge in [-0.2, -0.15) is 5.10 Å². The Hall–Kier alpha value is -2.96. The molecule has 5 nitrogen and oxygen atoms in total. The largest absolute Gasteiger partial charge is 0.379 e. The lowest BCUT2D eigenvalue weighted by atomic mass is 10.0. The molecule has 2 amide bonds. The fourth-order valence-corrected chi connectivity index (χ4v) is 3.28. The Kier molecular flexibility index (Phi) is 4.28. The number of halogens is 2. The van der Waals surface area contributed by atoms with Crippen LogP contribution in [0.3, 0.4) is 0 Å². The van der Waals surface area contributed by atoms with E-state index in [1.807, 2.05) is 30.3 Å². The number of carbonyl (C=O) groups is 1. The zero-order chi connectivity index (χ0) is 18.1. The zero-order valence-corrected chi connectivity index (χ0v) is 14.0. The van der Waals surface area contributed by atoms with Crippen molar-refractivity contribution in [3.05, 3.63) is 65.7 Å². The van der Waals surface area contributed by atoms with Gasteiger partial charge in [0.25, 0.3) is 0 Å². The number of benzene rings is 2. The predicted molar refractivity (Wildman–Crippen MR) is 94.9 cm³/mol. The number of anilines is 1. The number of hydrogen-bond donors (Lipinski definition) is 1. The van der Waals surface area contributed by atoms with Crippen molar-refractivity contribution in [2.24, 2.45) is 5.10 Å². The van der Waals surface area contributed by atoms with Gasteiger partial charge >= 0.3 is 6.03 Å². The monoisotopic (exact) mass is 356 g/mol. The van der Waals surface area contributed by atoms with Crippen molar-refractivity contribution in [3.63, 3.8) is 0 Å². The van der Waals surface area contributed by atoms with E-state index in [4.69, 9.17) is 0 Å². The summed E-state index contributed by atoms with van der Waals surface area (Å²) < 4.78 is 27.0. The van der Waals surface area contributed by atoms with E-state index in [0.717, 1.165) is 11.8 Å². The van der Waals surface area contributed by atoms with Gasteiger partial charge < -0.3 is 10.2 Å². The lowest BCUT2D eigenvalue weighted by Crippen LogP contribution is -2.59. The van der Waals surface area contributed by atoms with Crippen molar-refractivity contribution in [2.75, 3.05) is 18.4 Å². The summed E-state index contributed by atoms with van der Waals surface area (Å²) in [5.74, 6) is -1.31. The molecule has 0 bridgehead atoms. The number of rotatable bonds is 3. The van der Waals surface area contributed by atoms with Gasteiger partial charge in [0.15, 0.2) is 0 Å². The Balaban J connectivity index is 1.39. The number of likely N-dealkylation sites (tertiary alicyclic amines) is 1. The van der Waals surface area contributed by atoms with Gasteiger partial charge in [-0.3, -0.25) is 0 Å². The highest BCUT2D eigenvalue weighted by molar-refractivity contribution is 5.79. The summed E-state index contributed by atoms with van der Waals surface area (Å²) in [4.78, 5) is 14.4. The first kappa shape index (κ1) is 16.5. The van der Waals surface area contributed by atoms with Gasteiger partial charge in [0, 0.05) is 37.5 Å². The van der Waals surface area contributed by atoms with Crippen LogP contribution in [0.5, 0.6) is 0 Å². The minimum absolute atomic E-state index is 0.179. The number of urea groups is 1. The average molecular weight is 356 g/mol. The van der Waals surface area contributed by atoms with E-state index < -0.39 is 17.7 Å². The second kappa shape index (κ2) is 6.74. The van der Waals surface area contributed by atoms with Crippen molar-refractivity contribution in [1.82, 2.24) is 9.91 Å². The fraction of sp³-hybridized carbons (Fsp3) is 0.263. The average Bonchev–Trinajstić information content (AvgIpc) is 3.07. The molecule has 134 valence electrons. The molecule has 2 heterocycles. The molecule has 1 atom stereocenters. The van der Waals surface area contributed by atoms with Crippen LogP contribution in [-0.2, 0) is 0 Å². The maximum absolute atomic E-state index is 13.5. The third kappa shape index (κ3) is 3.24. The SMILES string of the molecule is O=C(N1CC(Nc2ccccc2)C1)N1N=CCC1c1cc(F)cc(F)c1. The van der Waals surface area contributed by atoms with Crippen molar-refractivity contribution in [2.45, 2.75) is 18.5 Å². The third-order valence-electron chi connectivity index (χ3n) is 4.59. The summed E-state index contributed by atoms with van der Waals surface area (Å²) in [7, 11) is 0. The Bertz CT molecular complexity index is 816. The molecule has 0 saturated carbocycles. The summed E-state index contributed by atoms with van der Waals surface area (Å²) in [5, 5.41) is 8.79. The summed E-state index contributed by atoms with van der Waals surface area (Å²) in [6.45, 7) is 1.12. The van der Waals surface area contributed by atoms with Gasteiger partial charge in [0.1, 0.15) is 11.6 Å². The summed E-state index contributed by atoms with van der Waals surface area (Å²) in [6, 6.07) is 12.6. The van der Waals surface area contributed by atoms with Crippen LogP contribution < -0.4 is 5.32 Å². The summed E-state index contributed by atoms with van der Waals surface area (Å²) >= 11 is 0. The first-order valence-corrected chi connectivity index (χ1v) is 8.48. The molecule has 4 rings (SSSR count). The lowest BCUT2D eigenvalue weighted by molar-refractivity contribution is 0.111. The van der Waals surface area contributed by atoms with Gasteiger partial charge in [-0.1, -0.05) is 18.2 Å². The molecule has 1 fully saturated rings. The predicted octanol–water partition coefficient (Wildman–Crippen LogP) is 3.61. The van der Waals surface area contributed by atoms with E-state index >= 15 is 0 Å². The van der Waals surface area contributed by atoms with Crippen LogP contribution in [-0.4, -0.2) is 41.3 Å². The van der Waals surface area contributed by atoms with Gasteiger partial charge in [-0.05, 0) is 29.8 Å². The maximum atomic E-state index is 13.5. The van der Waals surface area contributed by atoms with Crippen LogP contribution in [0.4, 0.5) is 19.3 Å². The second-order valence-corrected chi connectivity index (χ2v) is 6.49. The first-order chi connectivity index (χ1) is 12.6. The fourth-order valence-electron chi connectivity index (χ4n) is 3.28. The van der Waals surface area contributed by atoms with Crippen LogP contribution in [0.25, 0.3) is 0 Å². The molecular formula is C19H18F2N4O. The third-order valence-corrected chi connectivity index (χ3v) is 4.59. The van der Waals surface area contributed by atoms with Crippen molar-refractivity contribution in [1.29, 1.82) is 0 Å². The summed E-state index contributed by atoms with van der Waals surface area (Å²) in [5.41, 5.74) is 1.42. The molecule has 2 aliphatic rings. The number of nitrogens with zero attached hydrogens (tertiary/aromatic N) is 3. The number of carbonyl (C=O) groups excluding carboxylic acids is 1. The lowest BCUT2D eigenvalue weighted by Gasteiger charge is -2.42. The molecule has 2 aromatic rings. The van der Waals surface area contributed by atoms with Crippen molar-refractivity contribution < 1.29 is 13.6 Å². The van der Waals surface area contributed by atoms with Gasteiger partial charge in [0.2, 0.25) is 0 Å². The number of para-hydroxylation sites is 1. The summed E-state index contributed by atoms with van der Waals surface area (Å²) in [6.07, 6.45) is 2.04. The second-order valence-electron chi connectivity index (χ2n) is 6.49. The Morgan fingerprint density at radius 3 is 2.46 bits per heavy atom. The Labute approximate surface area is 149 Å². The normalized spacial score (nSPS) is 19.5. The van der Waals surface area contributed by atoms with Crippen LogP contribution in [0.1, 0.15) is 18.0 Å². The molecule has 0 aromatic heterocycles.